The van der Waals surface area contributed by atoms with Crippen molar-refractivity contribution in [2.75, 3.05) is 13.7 Å². The summed E-state index contributed by atoms with van der Waals surface area (Å²) in [5, 5.41) is 15.0. The summed E-state index contributed by atoms with van der Waals surface area (Å²) >= 11 is 0. The summed E-state index contributed by atoms with van der Waals surface area (Å²) in [6.45, 7) is 0.106. The first-order chi connectivity index (χ1) is 5.88. The van der Waals surface area contributed by atoms with Gasteiger partial charge in [-0.2, -0.15) is 0 Å². The van der Waals surface area contributed by atoms with Crippen LogP contribution in [0.25, 0.3) is 0 Å². The highest BCUT2D eigenvalue weighted by Gasteiger charge is 2.07. The van der Waals surface area contributed by atoms with Crippen molar-refractivity contribution in [1.29, 1.82) is 0 Å². The molecule has 12 heavy (non-hydrogen) atoms. The maximum Gasteiger partial charge on any atom is 0.0626 e. The van der Waals surface area contributed by atoms with E-state index in [9.17, 15) is 0 Å². The number of likely N-dealkylation sites (N-methyl/N-ethyl adjacent to an activating group) is 1. The molecular weight excluding hydrogens is 152 g/mol. The first-order valence-electron chi connectivity index (χ1n) is 3.96. The van der Waals surface area contributed by atoms with E-state index in [4.69, 9.17) is 5.11 Å². The number of rotatable bonds is 3. The van der Waals surface area contributed by atoms with Crippen molar-refractivity contribution in [3.63, 3.8) is 0 Å². The lowest BCUT2D eigenvalue weighted by molar-refractivity contribution is 0.266. The highest BCUT2D eigenvalue weighted by atomic mass is 16.3. The molecule has 1 atom stereocenters. The van der Waals surface area contributed by atoms with Gasteiger partial charge in [0.1, 0.15) is 0 Å². The summed E-state index contributed by atoms with van der Waals surface area (Å²) in [7, 11) is 1.83. The van der Waals surface area contributed by atoms with Crippen LogP contribution in [0.5, 0.6) is 0 Å². The Balaban J connectivity index is 2.66. The molecule has 0 saturated carbocycles. The van der Waals surface area contributed by atoms with Gasteiger partial charge in [0.25, 0.3) is 0 Å². The van der Waals surface area contributed by atoms with Gasteiger partial charge in [0, 0.05) is 12.4 Å². The standard InChI is InChI=1S/C9H14N2O/c1-10-9(7-12)8-4-2-3-5-11-6-8/h2-6,9-12H,7H2,1H3. The zero-order valence-corrected chi connectivity index (χ0v) is 7.12. The van der Waals surface area contributed by atoms with Gasteiger partial charge in [-0.3, -0.25) is 0 Å². The normalized spacial score (nSPS) is 18.0. The third-order valence-corrected chi connectivity index (χ3v) is 1.78. The van der Waals surface area contributed by atoms with Crippen LogP contribution in [-0.2, 0) is 0 Å². The van der Waals surface area contributed by atoms with Gasteiger partial charge < -0.3 is 15.7 Å². The second kappa shape index (κ2) is 4.74. The fraction of sp³-hybridized carbons (Fsp3) is 0.333. The lowest BCUT2D eigenvalue weighted by atomic mass is 10.1. The zero-order chi connectivity index (χ0) is 8.81. The van der Waals surface area contributed by atoms with Crippen molar-refractivity contribution in [3.8, 4) is 0 Å². The van der Waals surface area contributed by atoms with Crippen LogP contribution in [0.3, 0.4) is 0 Å². The van der Waals surface area contributed by atoms with Crippen molar-refractivity contribution in [3.05, 3.63) is 36.2 Å². The highest BCUT2D eigenvalue weighted by Crippen LogP contribution is 2.04. The lowest BCUT2D eigenvalue weighted by Crippen LogP contribution is -2.30. The molecular formula is C9H14N2O. The Morgan fingerprint density at radius 2 is 2.42 bits per heavy atom. The SMILES string of the molecule is CNC(CO)C1=CNC=CC=C1. The van der Waals surface area contributed by atoms with E-state index in [1.807, 2.05) is 37.7 Å². The zero-order valence-electron chi connectivity index (χ0n) is 7.12. The van der Waals surface area contributed by atoms with Crippen molar-refractivity contribution in [1.82, 2.24) is 10.6 Å². The predicted octanol–water partition coefficient (Wildman–Crippen LogP) is 0.124. The van der Waals surface area contributed by atoms with Crippen LogP contribution in [0.2, 0.25) is 0 Å². The number of nitrogens with one attached hydrogen (secondary N) is 2. The molecule has 1 aliphatic heterocycles. The molecule has 0 aromatic heterocycles. The second-order valence-electron chi connectivity index (χ2n) is 2.55. The van der Waals surface area contributed by atoms with E-state index in [1.165, 1.54) is 0 Å². The van der Waals surface area contributed by atoms with Crippen LogP contribution in [0.4, 0.5) is 0 Å². The Labute approximate surface area is 72.5 Å². The Morgan fingerprint density at radius 3 is 3.08 bits per heavy atom. The third kappa shape index (κ3) is 2.22. The van der Waals surface area contributed by atoms with Gasteiger partial charge >= 0.3 is 0 Å². The minimum atomic E-state index is 0.00801. The molecule has 1 heterocycles. The molecule has 3 heteroatoms. The summed E-state index contributed by atoms with van der Waals surface area (Å²) < 4.78 is 0. The fourth-order valence-corrected chi connectivity index (χ4v) is 1.05. The van der Waals surface area contributed by atoms with Gasteiger partial charge in [0.15, 0.2) is 0 Å². The molecule has 0 aliphatic carbocycles. The molecule has 0 fully saturated rings. The van der Waals surface area contributed by atoms with Crippen LogP contribution >= 0.6 is 0 Å². The molecule has 0 bridgehead atoms. The van der Waals surface area contributed by atoms with Crippen LogP contribution in [0, 0.1) is 0 Å². The van der Waals surface area contributed by atoms with Crippen molar-refractivity contribution < 1.29 is 5.11 Å². The summed E-state index contributed by atoms with van der Waals surface area (Å²) in [6, 6.07) is 0.00801. The van der Waals surface area contributed by atoms with E-state index in [1.54, 1.807) is 0 Å². The molecule has 1 aliphatic rings. The Hall–Kier alpha value is -1.06. The Morgan fingerprint density at radius 1 is 1.58 bits per heavy atom. The van der Waals surface area contributed by atoms with Gasteiger partial charge in [-0.25, -0.2) is 0 Å². The van der Waals surface area contributed by atoms with Crippen LogP contribution in [-0.4, -0.2) is 24.8 Å². The number of aliphatic hydroxyl groups excluding tert-OH is 1. The minimum Gasteiger partial charge on any atom is -0.394 e. The van der Waals surface area contributed by atoms with Gasteiger partial charge in [0.2, 0.25) is 0 Å². The molecule has 0 spiro atoms. The minimum absolute atomic E-state index is 0.00801. The van der Waals surface area contributed by atoms with E-state index >= 15 is 0 Å². The first kappa shape index (κ1) is 9.03. The number of hydrogen-bond acceptors (Lipinski definition) is 3. The van der Waals surface area contributed by atoms with Gasteiger partial charge in [-0.15, -0.1) is 0 Å². The number of aliphatic hydroxyl groups is 1. The van der Waals surface area contributed by atoms with E-state index < -0.39 is 0 Å². The Bertz CT molecular complexity index is 215. The smallest absolute Gasteiger partial charge is 0.0626 e. The average Bonchev–Trinajstić information content (AvgIpc) is 2.35. The van der Waals surface area contributed by atoms with Crippen LogP contribution in [0.1, 0.15) is 0 Å². The first-order valence-corrected chi connectivity index (χ1v) is 3.96. The molecule has 3 N–H and O–H groups in total. The van der Waals surface area contributed by atoms with Crippen molar-refractivity contribution in [2.24, 2.45) is 0 Å². The fourth-order valence-electron chi connectivity index (χ4n) is 1.05. The molecule has 66 valence electrons. The molecule has 0 aromatic carbocycles. The topological polar surface area (TPSA) is 44.3 Å². The molecule has 1 unspecified atom stereocenters. The summed E-state index contributed by atoms with van der Waals surface area (Å²) in [4.78, 5) is 0. The van der Waals surface area contributed by atoms with Crippen LogP contribution < -0.4 is 10.6 Å². The molecule has 1 rings (SSSR count). The van der Waals surface area contributed by atoms with E-state index in [-0.39, 0.29) is 12.6 Å². The van der Waals surface area contributed by atoms with E-state index in [0.29, 0.717) is 0 Å². The maximum atomic E-state index is 8.98. The van der Waals surface area contributed by atoms with Crippen molar-refractivity contribution >= 4 is 0 Å². The quantitative estimate of drug-likeness (QED) is 0.558. The molecule has 0 saturated heterocycles. The molecule has 0 amide bonds. The van der Waals surface area contributed by atoms with Gasteiger partial charge in [-0.1, -0.05) is 12.2 Å². The summed E-state index contributed by atoms with van der Waals surface area (Å²) in [6.07, 6.45) is 9.53. The second-order valence-corrected chi connectivity index (χ2v) is 2.55. The van der Waals surface area contributed by atoms with Crippen LogP contribution in [0.15, 0.2) is 36.2 Å². The molecule has 3 nitrogen and oxygen atoms in total. The molecule has 0 aromatic rings. The third-order valence-electron chi connectivity index (χ3n) is 1.78. The van der Waals surface area contributed by atoms with E-state index in [0.717, 1.165) is 5.57 Å². The largest absolute Gasteiger partial charge is 0.394 e. The highest BCUT2D eigenvalue weighted by molar-refractivity contribution is 5.29. The van der Waals surface area contributed by atoms with Gasteiger partial charge in [-0.05, 0) is 18.7 Å². The average molecular weight is 166 g/mol. The van der Waals surface area contributed by atoms with E-state index in [2.05, 4.69) is 10.6 Å². The lowest BCUT2D eigenvalue weighted by Gasteiger charge is -2.13. The summed E-state index contributed by atoms with van der Waals surface area (Å²) in [5.41, 5.74) is 1.05. The van der Waals surface area contributed by atoms with Gasteiger partial charge in [0.05, 0.1) is 12.6 Å². The number of hydrogen-bond donors (Lipinski definition) is 3. The monoisotopic (exact) mass is 166 g/mol. The van der Waals surface area contributed by atoms with Crippen molar-refractivity contribution in [2.45, 2.75) is 6.04 Å². The summed E-state index contributed by atoms with van der Waals surface area (Å²) in [5.74, 6) is 0. The maximum absolute atomic E-state index is 8.98. The molecule has 0 radical (unpaired) electrons. The predicted molar refractivity (Wildman–Crippen MR) is 49.4 cm³/mol. The Kier molecular flexibility index (Phi) is 3.57. The number of allylic oxidation sites excluding steroid dienone is 2.